The molecule has 226 valence electrons. The molecule has 0 saturated carbocycles. The van der Waals surface area contributed by atoms with Gasteiger partial charge >= 0.3 is 0 Å². The lowest BCUT2D eigenvalue weighted by atomic mass is 9.76. The summed E-state index contributed by atoms with van der Waals surface area (Å²) in [6, 6.07) is 1.53. The molecule has 4 atom stereocenters. The standard InChI is InChI=1S/C34H44N2O6/c1-9-12-40-31-21(5)32(41-13-10-2)33(42-14-11-3)27-23(31)16-24-28-26-22(15-20(4)30(39-8)29(26)38)17-34(6,19-35(28)7)36(24)25(27)18-37/h9-11,15,24-25,28,37-38H,1-3,12-14,16-19H2,4-8H3/t24?,25-,28-,34+/m0/s1. The van der Waals surface area contributed by atoms with Gasteiger partial charge in [0.15, 0.2) is 23.0 Å². The highest BCUT2D eigenvalue weighted by molar-refractivity contribution is 5.66. The Morgan fingerprint density at radius 2 is 1.60 bits per heavy atom. The molecule has 0 spiro atoms. The maximum Gasteiger partial charge on any atom is 0.168 e. The molecular formula is C34H44N2O6. The number of phenolic OH excluding ortho intramolecular Hbond substituents is 1. The van der Waals surface area contributed by atoms with Gasteiger partial charge in [0, 0.05) is 40.4 Å². The van der Waals surface area contributed by atoms with E-state index in [0.29, 0.717) is 49.1 Å². The highest BCUT2D eigenvalue weighted by Crippen LogP contribution is 2.59. The number of aliphatic hydroxyl groups is 1. The zero-order chi connectivity index (χ0) is 30.3. The third-order valence-electron chi connectivity index (χ3n) is 9.07. The molecule has 4 heterocycles. The fraction of sp³-hybridized carbons (Fsp3) is 0.471. The minimum Gasteiger partial charge on any atom is -0.504 e. The van der Waals surface area contributed by atoms with Crippen LogP contribution in [0.5, 0.6) is 28.7 Å². The highest BCUT2D eigenvalue weighted by Gasteiger charge is 2.57. The van der Waals surface area contributed by atoms with E-state index in [1.165, 1.54) is 0 Å². The summed E-state index contributed by atoms with van der Waals surface area (Å²) >= 11 is 0. The summed E-state index contributed by atoms with van der Waals surface area (Å²) in [5.74, 6) is 2.60. The highest BCUT2D eigenvalue weighted by atomic mass is 16.5. The topological polar surface area (TPSA) is 83.9 Å². The minimum atomic E-state index is -0.406. The molecule has 2 aromatic rings. The summed E-state index contributed by atoms with van der Waals surface area (Å²) < 4.78 is 24.6. The number of hydrogen-bond donors (Lipinski definition) is 2. The second kappa shape index (κ2) is 11.7. The number of benzene rings is 2. The van der Waals surface area contributed by atoms with Gasteiger partial charge in [0.2, 0.25) is 0 Å². The van der Waals surface area contributed by atoms with Gasteiger partial charge in [-0.1, -0.05) is 44.0 Å². The average molecular weight is 577 g/mol. The van der Waals surface area contributed by atoms with Gasteiger partial charge in [-0.05, 0) is 51.8 Å². The fourth-order valence-corrected chi connectivity index (χ4v) is 7.85. The Labute approximate surface area is 249 Å². The Balaban J connectivity index is 1.80. The zero-order valence-electron chi connectivity index (χ0n) is 25.5. The molecule has 1 saturated heterocycles. The van der Waals surface area contributed by atoms with Gasteiger partial charge in [-0.15, -0.1) is 0 Å². The molecular weight excluding hydrogens is 532 g/mol. The monoisotopic (exact) mass is 576 g/mol. The van der Waals surface area contributed by atoms with E-state index in [9.17, 15) is 10.2 Å². The van der Waals surface area contributed by atoms with Crippen LogP contribution in [-0.4, -0.2) is 78.7 Å². The average Bonchev–Trinajstić information content (AvgIpc) is 3.13. The summed E-state index contributed by atoms with van der Waals surface area (Å²) in [4.78, 5) is 4.81. The quantitative estimate of drug-likeness (QED) is 0.363. The lowest BCUT2D eigenvalue weighted by Gasteiger charge is -2.59. The van der Waals surface area contributed by atoms with Crippen molar-refractivity contribution in [3.05, 3.63) is 77.4 Å². The fourth-order valence-electron chi connectivity index (χ4n) is 7.85. The van der Waals surface area contributed by atoms with E-state index < -0.39 is 6.04 Å². The molecule has 42 heavy (non-hydrogen) atoms. The van der Waals surface area contributed by atoms with E-state index in [-0.39, 0.29) is 36.6 Å². The van der Waals surface area contributed by atoms with Crippen molar-refractivity contribution in [2.75, 3.05) is 47.1 Å². The number of aliphatic hydroxyl groups excluding tert-OH is 1. The number of likely N-dealkylation sites (N-methyl/N-ethyl adjacent to an activating group) is 1. The molecule has 2 aromatic carbocycles. The molecule has 2 bridgehead atoms. The van der Waals surface area contributed by atoms with Crippen LogP contribution in [0.4, 0.5) is 0 Å². The van der Waals surface area contributed by atoms with Crippen LogP contribution in [0.3, 0.4) is 0 Å². The normalized spacial score (nSPS) is 24.6. The van der Waals surface area contributed by atoms with Gasteiger partial charge in [-0.2, -0.15) is 0 Å². The first kappa shape index (κ1) is 30.0. The van der Waals surface area contributed by atoms with Gasteiger partial charge in [-0.3, -0.25) is 9.80 Å². The predicted molar refractivity (Wildman–Crippen MR) is 164 cm³/mol. The van der Waals surface area contributed by atoms with E-state index in [2.05, 4.69) is 49.6 Å². The van der Waals surface area contributed by atoms with Crippen molar-refractivity contribution in [2.24, 2.45) is 0 Å². The molecule has 4 aliphatic rings. The number of fused-ring (bicyclic) bond motifs is 2. The molecule has 6 rings (SSSR count). The molecule has 1 unspecified atom stereocenters. The molecule has 1 fully saturated rings. The first-order valence-corrected chi connectivity index (χ1v) is 14.6. The lowest BCUT2D eigenvalue weighted by Crippen LogP contribution is -2.67. The summed E-state index contributed by atoms with van der Waals surface area (Å²) in [5, 5.41) is 22.9. The van der Waals surface area contributed by atoms with Gasteiger partial charge in [0.25, 0.3) is 0 Å². The third kappa shape index (κ3) is 4.57. The van der Waals surface area contributed by atoms with Crippen molar-refractivity contribution < 1.29 is 29.2 Å². The van der Waals surface area contributed by atoms with Crippen LogP contribution in [0, 0.1) is 13.8 Å². The molecule has 0 amide bonds. The van der Waals surface area contributed by atoms with Crippen molar-refractivity contribution in [1.82, 2.24) is 9.80 Å². The molecule has 2 N–H and O–H groups in total. The number of piperazine rings is 1. The Bertz CT molecular complexity index is 1400. The summed E-state index contributed by atoms with van der Waals surface area (Å²) in [6.07, 6.45) is 6.45. The van der Waals surface area contributed by atoms with E-state index in [0.717, 1.165) is 39.9 Å². The Kier molecular flexibility index (Phi) is 8.34. The zero-order valence-corrected chi connectivity index (χ0v) is 25.5. The van der Waals surface area contributed by atoms with Crippen molar-refractivity contribution in [3.8, 4) is 28.7 Å². The minimum absolute atomic E-state index is 0.0735. The van der Waals surface area contributed by atoms with Crippen molar-refractivity contribution in [1.29, 1.82) is 0 Å². The largest absolute Gasteiger partial charge is 0.504 e. The molecule has 8 heteroatoms. The number of aryl methyl sites for hydroxylation is 1. The number of aromatic hydroxyl groups is 1. The van der Waals surface area contributed by atoms with Gasteiger partial charge in [-0.25, -0.2) is 0 Å². The van der Waals surface area contributed by atoms with Crippen LogP contribution in [0.15, 0.2) is 44.0 Å². The first-order chi connectivity index (χ1) is 20.2. The maximum absolute atomic E-state index is 11.6. The van der Waals surface area contributed by atoms with Crippen molar-refractivity contribution in [3.63, 3.8) is 0 Å². The lowest BCUT2D eigenvalue weighted by molar-refractivity contribution is -0.101. The number of methoxy groups -OCH3 is 1. The Hall–Kier alpha value is -3.46. The van der Waals surface area contributed by atoms with Gasteiger partial charge in [0.1, 0.15) is 25.6 Å². The second-order valence-corrected chi connectivity index (χ2v) is 11.9. The summed E-state index contributed by atoms with van der Waals surface area (Å²) in [7, 11) is 3.72. The van der Waals surface area contributed by atoms with Crippen LogP contribution in [0.2, 0.25) is 0 Å². The SMILES string of the molecule is C=CCOc1c(C)c(OCC=C)c(OCC=C)c2c1CC1[C@H]3c4c(cc(C)c(OC)c4O)C[C@](C)(CN3C)N1[C@H]2CO. The summed E-state index contributed by atoms with van der Waals surface area (Å²) in [5.41, 5.74) is 5.22. The summed E-state index contributed by atoms with van der Waals surface area (Å²) in [6.45, 7) is 19.3. The van der Waals surface area contributed by atoms with Crippen LogP contribution < -0.4 is 18.9 Å². The second-order valence-electron chi connectivity index (χ2n) is 11.9. The van der Waals surface area contributed by atoms with Crippen LogP contribution in [-0.2, 0) is 12.8 Å². The number of rotatable bonds is 11. The van der Waals surface area contributed by atoms with Crippen LogP contribution >= 0.6 is 0 Å². The number of hydrogen-bond acceptors (Lipinski definition) is 8. The molecule has 0 aliphatic carbocycles. The molecule has 0 aromatic heterocycles. The van der Waals surface area contributed by atoms with E-state index in [1.807, 2.05) is 13.8 Å². The van der Waals surface area contributed by atoms with E-state index in [4.69, 9.17) is 18.9 Å². The van der Waals surface area contributed by atoms with Crippen molar-refractivity contribution in [2.45, 2.75) is 57.3 Å². The molecule has 4 aliphatic heterocycles. The van der Waals surface area contributed by atoms with Crippen LogP contribution in [0.1, 0.15) is 52.4 Å². The maximum atomic E-state index is 11.6. The Morgan fingerprint density at radius 3 is 2.19 bits per heavy atom. The predicted octanol–water partition coefficient (Wildman–Crippen LogP) is 4.97. The molecule has 8 nitrogen and oxygen atoms in total. The first-order valence-electron chi connectivity index (χ1n) is 14.6. The number of phenols is 1. The molecule has 0 radical (unpaired) electrons. The number of ether oxygens (including phenoxy) is 4. The van der Waals surface area contributed by atoms with E-state index in [1.54, 1.807) is 25.3 Å². The Morgan fingerprint density at radius 1 is 0.976 bits per heavy atom. The third-order valence-corrected chi connectivity index (χ3v) is 9.07. The van der Waals surface area contributed by atoms with E-state index >= 15 is 0 Å². The van der Waals surface area contributed by atoms with Crippen LogP contribution in [0.25, 0.3) is 0 Å². The van der Waals surface area contributed by atoms with Gasteiger partial charge < -0.3 is 29.2 Å². The van der Waals surface area contributed by atoms with Crippen molar-refractivity contribution >= 4 is 0 Å². The number of nitrogens with zero attached hydrogens (tertiary/aromatic N) is 2. The van der Waals surface area contributed by atoms with Gasteiger partial charge in [0.05, 0.1) is 25.8 Å². The smallest absolute Gasteiger partial charge is 0.168 e.